The second-order valence-electron chi connectivity index (χ2n) is 9.04. The van der Waals surface area contributed by atoms with Crippen molar-refractivity contribution in [3.8, 4) is 11.1 Å². The van der Waals surface area contributed by atoms with Gasteiger partial charge >= 0.3 is 0 Å². The van der Waals surface area contributed by atoms with Crippen molar-refractivity contribution in [2.45, 2.75) is 26.2 Å². The Hall–Kier alpha value is -2.58. The molecule has 0 unspecified atom stereocenters. The lowest BCUT2D eigenvalue weighted by atomic mass is 9.97. The molecule has 1 N–H and O–H groups in total. The lowest BCUT2D eigenvalue weighted by Gasteiger charge is -2.35. The molecule has 7 nitrogen and oxygen atoms in total. The van der Waals surface area contributed by atoms with Crippen molar-refractivity contribution in [1.82, 2.24) is 25.1 Å². The fourth-order valence-electron chi connectivity index (χ4n) is 4.68. The van der Waals surface area contributed by atoms with Gasteiger partial charge in [0.25, 0.3) is 0 Å². The third-order valence-electron chi connectivity index (χ3n) is 6.62. The Balaban J connectivity index is 1.23. The predicted molar refractivity (Wildman–Crippen MR) is 129 cm³/mol. The SMILES string of the molecule is CCCN1CCN(CCNC(=O)[C@@H]2CCCN(c3ncc(-c4ccc(F)cc4)cn3)C2)CC1. The summed E-state index contributed by atoms with van der Waals surface area (Å²) in [4.78, 5) is 28.9. The molecule has 4 rings (SSSR count). The third kappa shape index (κ3) is 6.48. The van der Waals surface area contributed by atoms with Crippen molar-refractivity contribution in [3.05, 3.63) is 42.5 Å². The third-order valence-corrected chi connectivity index (χ3v) is 6.62. The molecule has 0 radical (unpaired) electrons. The number of piperazine rings is 1. The van der Waals surface area contributed by atoms with Gasteiger partial charge in [0.05, 0.1) is 5.92 Å². The van der Waals surface area contributed by atoms with E-state index in [0.29, 0.717) is 19.0 Å². The van der Waals surface area contributed by atoms with Gasteiger partial charge in [-0.1, -0.05) is 19.1 Å². The van der Waals surface area contributed by atoms with Crippen molar-refractivity contribution >= 4 is 11.9 Å². The molecule has 1 atom stereocenters. The monoisotopic (exact) mass is 454 g/mol. The van der Waals surface area contributed by atoms with Gasteiger partial charge in [0.15, 0.2) is 0 Å². The maximum Gasteiger partial charge on any atom is 0.225 e. The van der Waals surface area contributed by atoms with E-state index >= 15 is 0 Å². The summed E-state index contributed by atoms with van der Waals surface area (Å²) in [5, 5.41) is 3.15. The molecular formula is C25H35FN6O. The van der Waals surface area contributed by atoms with Gasteiger partial charge in [0.2, 0.25) is 11.9 Å². The molecule has 0 spiro atoms. The summed E-state index contributed by atoms with van der Waals surface area (Å²) in [6.07, 6.45) is 6.57. The summed E-state index contributed by atoms with van der Waals surface area (Å²) in [7, 11) is 0. The van der Waals surface area contributed by atoms with Crippen LogP contribution in [-0.2, 0) is 4.79 Å². The molecule has 1 amide bonds. The molecular weight excluding hydrogens is 419 g/mol. The van der Waals surface area contributed by atoms with Gasteiger partial charge in [-0.2, -0.15) is 0 Å². The van der Waals surface area contributed by atoms with Gasteiger partial charge in [-0.15, -0.1) is 0 Å². The van der Waals surface area contributed by atoms with E-state index in [2.05, 4.69) is 36.9 Å². The van der Waals surface area contributed by atoms with Gasteiger partial charge in [0.1, 0.15) is 5.82 Å². The van der Waals surface area contributed by atoms with Gasteiger partial charge in [0, 0.05) is 70.3 Å². The first-order valence-corrected chi connectivity index (χ1v) is 12.2. The molecule has 8 heteroatoms. The lowest BCUT2D eigenvalue weighted by Crippen LogP contribution is -2.49. The normalized spacial score (nSPS) is 20.1. The summed E-state index contributed by atoms with van der Waals surface area (Å²) >= 11 is 0. The summed E-state index contributed by atoms with van der Waals surface area (Å²) in [5.41, 5.74) is 1.73. The van der Waals surface area contributed by atoms with Crippen molar-refractivity contribution < 1.29 is 9.18 Å². The van der Waals surface area contributed by atoms with Gasteiger partial charge in [-0.05, 0) is 43.5 Å². The minimum atomic E-state index is -0.261. The highest BCUT2D eigenvalue weighted by molar-refractivity contribution is 5.79. The number of hydrogen-bond donors (Lipinski definition) is 1. The largest absolute Gasteiger partial charge is 0.355 e. The number of amides is 1. The average Bonchev–Trinajstić information content (AvgIpc) is 2.86. The van der Waals surface area contributed by atoms with E-state index in [1.54, 1.807) is 24.5 Å². The molecule has 1 aromatic heterocycles. The minimum Gasteiger partial charge on any atom is -0.355 e. The van der Waals surface area contributed by atoms with Crippen LogP contribution < -0.4 is 10.2 Å². The molecule has 0 saturated carbocycles. The maximum absolute atomic E-state index is 13.1. The quantitative estimate of drug-likeness (QED) is 0.662. The standard InChI is InChI=1S/C25H35FN6O/c1-2-10-30-13-15-31(16-14-30)12-9-27-24(33)21-4-3-11-32(19-21)25-28-17-22(18-29-25)20-5-7-23(26)8-6-20/h5-8,17-18,21H,2-4,9-16,19H2,1H3,(H,27,33)/t21-/m1/s1. The van der Waals surface area contributed by atoms with Crippen molar-refractivity contribution in [2.75, 3.05) is 63.8 Å². The number of hydrogen-bond acceptors (Lipinski definition) is 6. The van der Waals surface area contributed by atoms with Gasteiger partial charge < -0.3 is 15.1 Å². The second-order valence-corrected chi connectivity index (χ2v) is 9.04. The number of carbonyl (C=O) groups excluding carboxylic acids is 1. The number of carbonyl (C=O) groups is 1. The Morgan fingerprint density at radius 2 is 1.67 bits per heavy atom. The number of piperidine rings is 1. The fraction of sp³-hybridized carbons (Fsp3) is 0.560. The van der Waals surface area contributed by atoms with Crippen LogP contribution in [0.2, 0.25) is 0 Å². The van der Waals surface area contributed by atoms with Crippen LogP contribution in [0.1, 0.15) is 26.2 Å². The van der Waals surface area contributed by atoms with E-state index in [1.807, 2.05) is 0 Å². The van der Waals surface area contributed by atoms with Crippen molar-refractivity contribution in [1.29, 1.82) is 0 Å². The molecule has 2 fully saturated rings. The highest BCUT2D eigenvalue weighted by Crippen LogP contribution is 2.23. The smallest absolute Gasteiger partial charge is 0.225 e. The van der Waals surface area contributed by atoms with Crippen LogP contribution in [0.5, 0.6) is 0 Å². The summed E-state index contributed by atoms with van der Waals surface area (Å²) < 4.78 is 13.1. The molecule has 33 heavy (non-hydrogen) atoms. The Morgan fingerprint density at radius 3 is 2.33 bits per heavy atom. The van der Waals surface area contributed by atoms with E-state index in [-0.39, 0.29) is 17.6 Å². The van der Waals surface area contributed by atoms with Gasteiger partial charge in [-0.3, -0.25) is 9.69 Å². The van der Waals surface area contributed by atoms with E-state index in [1.165, 1.54) is 25.1 Å². The number of aromatic nitrogens is 2. The molecule has 2 aliphatic rings. The number of benzene rings is 1. The van der Waals surface area contributed by atoms with E-state index in [9.17, 15) is 9.18 Å². The molecule has 3 heterocycles. The number of halogens is 1. The Labute approximate surface area is 196 Å². The lowest BCUT2D eigenvalue weighted by molar-refractivity contribution is -0.125. The first-order valence-electron chi connectivity index (χ1n) is 12.2. The van der Waals surface area contributed by atoms with Crippen LogP contribution in [-0.4, -0.2) is 84.6 Å². The topological polar surface area (TPSA) is 64.6 Å². The molecule has 2 aromatic rings. The van der Waals surface area contributed by atoms with Crippen molar-refractivity contribution in [2.24, 2.45) is 5.92 Å². The molecule has 1 aromatic carbocycles. The van der Waals surface area contributed by atoms with Crippen LogP contribution in [0.3, 0.4) is 0 Å². The zero-order valence-electron chi connectivity index (χ0n) is 19.5. The van der Waals surface area contributed by atoms with Crippen LogP contribution in [0, 0.1) is 11.7 Å². The Morgan fingerprint density at radius 1 is 1.00 bits per heavy atom. The summed E-state index contributed by atoms with van der Waals surface area (Å²) in [6, 6.07) is 6.31. The van der Waals surface area contributed by atoms with E-state index < -0.39 is 0 Å². The Bertz CT molecular complexity index is 883. The van der Waals surface area contributed by atoms with Crippen LogP contribution >= 0.6 is 0 Å². The number of nitrogens with one attached hydrogen (secondary N) is 1. The summed E-state index contributed by atoms with van der Waals surface area (Å²) in [5.74, 6) is 0.472. The predicted octanol–water partition coefficient (Wildman–Crippen LogP) is 2.64. The second kappa shape index (κ2) is 11.5. The molecule has 0 aliphatic carbocycles. The zero-order chi connectivity index (χ0) is 23.0. The van der Waals surface area contributed by atoms with Crippen molar-refractivity contribution in [3.63, 3.8) is 0 Å². The van der Waals surface area contributed by atoms with E-state index in [0.717, 1.165) is 63.2 Å². The Kier molecular flexibility index (Phi) is 8.23. The molecule has 2 aliphatic heterocycles. The molecule has 178 valence electrons. The molecule has 2 saturated heterocycles. The first kappa shape index (κ1) is 23.6. The van der Waals surface area contributed by atoms with Crippen LogP contribution in [0.25, 0.3) is 11.1 Å². The molecule has 0 bridgehead atoms. The van der Waals surface area contributed by atoms with E-state index in [4.69, 9.17) is 0 Å². The zero-order valence-corrected chi connectivity index (χ0v) is 19.5. The van der Waals surface area contributed by atoms with Crippen LogP contribution in [0.15, 0.2) is 36.7 Å². The maximum atomic E-state index is 13.1. The summed E-state index contributed by atoms with van der Waals surface area (Å²) in [6.45, 7) is 10.9. The van der Waals surface area contributed by atoms with Crippen LogP contribution in [0.4, 0.5) is 10.3 Å². The number of nitrogens with zero attached hydrogens (tertiary/aromatic N) is 5. The number of anilines is 1. The highest BCUT2D eigenvalue weighted by atomic mass is 19.1. The first-order chi connectivity index (χ1) is 16.1. The fourth-order valence-corrected chi connectivity index (χ4v) is 4.68. The highest BCUT2D eigenvalue weighted by Gasteiger charge is 2.27. The average molecular weight is 455 g/mol. The minimum absolute atomic E-state index is 0.0412. The van der Waals surface area contributed by atoms with Gasteiger partial charge in [-0.25, -0.2) is 14.4 Å². The number of rotatable bonds is 8.